The predicted molar refractivity (Wildman–Crippen MR) is 199 cm³/mol. The number of rotatable bonds is 10. The van der Waals surface area contributed by atoms with Crippen molar-refractivity contribution in [3.05, 3.63) is 88.3 Å². The molecule has 55 heavy (non-hydrogen) atoms. The zero-order valence-corrected chi connectivity index (χ0v) is 31.9. The monoisotopic (exact) mass is 763 g/mol. The first kappa shape index (κ1) is 39.2. The van der Waals surface area contributed by atoms with Gasteiger partial charge in [0.25, 0.3) is 0 Å². The Balaban J connectivity index is 1.42. The molecule has 292 valence electrons. The highest BCUT2D eigenvalue weighted by Gasteiger charge is 2.34. The van der Waals surface area contributed by atoms with Crippen LogP contribution in [0.4, 0.5) is 28.3 Å². The molecule has 1 aliphatic rings. The van der Waals surface area contributed by atoms with Crippen LogP contribution in [0.15, 0.2) is 48.9 Å². The molecule has 6 rings (SSSR count). The molecule has 1 amide bonds. The van der Waals surface area contributed by atoms with E-state index in [1.165, 1.54) is 6.07 Å². The third kappa shape index (κ3) is 8.15. The number of benzene rings is 2. The second-order valence-corrected chi connectivity index (χ2v) is 14.9. The fourth-order valence-corrected chi connectivity index (χ4v) is 6.88. The molecule has 0 unspecified atom stereocenters. The van der Waals surface area contributed by atoms with Crippen molar-refractivity contribution in [2.45, 2.75) is 98.7 Å². The van der Waals surface area contributed by atoms with Gasteiger partial charge >= 0.3 is 18.2 Å². The molecule has 1 atom stereocenters. The lowest BCUT2D eigenvalue weighted by Gasteiger charge is -2.27. The summed E-state index contributed by atoms with van der Waals surface area (Å²) in [7, 11) is 0. The zero-order chi connectivity index (χ0) is 39.8. The Morgan fingerprint density at radius 3 is 2.29 bits per heavy atom. The van der Waals surface area contributed by atoms with Crippen molar-refractivity contribution in [2.24, 2.45) is 5.92 Å². The van der Waals surface area contributed by atoms with Gasteiger partial charge in [0.1, 0.15) is 24.1 Å². The molecule has 1 aliphatic heterocycles. The van der Waals surface area contributed by atoms with E-state index in [9.17, 15) is 22.8 Å². The SMILES string of the molecule is CCc1cccc(CC)c1-n1nc2c(c1-c1c(F)cc(COC(=O)[C@@H](NC(=O)OC(C)(C)C)C(C)C)c3[nH]ccc13)CN(c1ncc(C(F)(F)F)cn1)CC2. The van der Waals surface area contributed by atoms with Crippen LogP contribution in [0.25, 0.3) is 27.8 Å². The van der Waals surface area contributed by atoms with Crippen LogP contribution < -0.4 is 10.2 Å². The van der Waals surface area contributed by atoms with Crippen molar-refractivity contribution < 1.29 is 36.6 Å². The van der Waals surface area contributed by atoms with Gasteiger partial charge in [0, 0.05) is 60.2 Å². The summed E-state index contributed by atoms with van der Waals surface area (Å²) >= 11 is 0. The van der Waals surface area contributed by atoms with E-state index in [0.29, 0.717) is 53.5 Å². The second-order valence-electron chi connectivity index (χ2n) is 14.9. The number of aryl methyl sites for hydroxylation is 2. The summed E-state index contributed by atoms with van der Waals surface area (Å²) in [5, 5.41) is 8.19. The number of hydrogen-bond donors (Lipinski definition) is 2. The van der Waals surface area contributed by atoms with Crippen molar-refractivity contribution in [2.75, 3.05) is 11.4 Å². The molecular weight excluding hydrogens is 718 g/mol. The van der Waals surface area contributed by atoms with Gasteiger partial charge in [-0.3, -0.25) is 0 Å². The van der Waals surface area contributed by atoms with E-state index < -0.39 is 41.3 Å². The van der Waals surface area contributed by atoms with Crippen molar-refractivity contribution in [1.29, 1.82) is 0 Å². The highest BCUT2D eigenvalue weighted by molar-refractivity contribution is 5.98. The van der Waals surface area contributed by atoms with E-state index >= 15 is 4.39 Å². The fraction of sp³-hybridized carbons (Fsp3) is 0.425. The number of aromatic nitrogens is 5. The number of alkyl halides is 3. The number of carbonyl (C=O) groups is 2. The maximum atomic E-state index is 17.0. The van der Waals surface area contributed by atoms with Crippen LogP contribution in [-0.2, 0) is 52.9 Å². The van der Waals surface area contributed by atoms with Gasteiger partial charge in [-0.25, -0.2) is 28.6 Å². The first-order valence-corrected chi connectivity index (χ1v) is 18.3. The Hall–Kier alpha value is -5.47. The number of nitrogens with one attached hydrogen (secondary N) is 2. The molecule has 11 nitrogen and oxygen atoms in total. The molecule has 2 N–H and O–H groups in total. The molecule has 3 aromatic heterocycles. The van der Waals surface area contributed by atoms with Crippen LogP contribution in [0.1, 0.15) is 82.0 Å². The molecule has 0 radical (unpaired) electrons. The Bertz CT molecular complexity index is 2180. The van der Waals surface area contributed by atoms with Crippen LogP contribution in [0.5, 0.6) is 0 Å². The molecule has 0 bridgehead atoms. The first-order valence-electron chi connectivity index (χ1n) is 18.3. The van der Waals surface area contributed by atoms with Crippen molar-refractivity contribution in [3.8, 4) is 16.9 Å². The van der Waals surface area contributed by atoms with E-state index in [0.717, 1.165) is 34.9 Å². The number of aromatic amines is 1. The summed E-state index contributed by atoms with van der Waals surface area (Å²) in [5.41, 5.74) is 4.22. The minimum absolute atomic E-state index is 0.117. The number of nitrogens with zero attached hydrogens (tertiary/aromatic N) is 5. The standard InChI is InChI=1S/C40H45F4N7O4/c1-8-23-11-10-12-24(9-2)34(23)51-35(28-20-50(16-14-30(28)49-51)37-46-18-26(19-47-37)40(42,43)44)31-27-13-15-45-33(27)25(17-29(31)41)21-54-36(52)32(22(3)4)48-38(53)55-39(5,6)7/h10-13,15,17-19,22,32,45H,8-9,14,16,20-21H2,1-7H3,(H,48,53)/t32-/m0/s1. The van der Waals surface area contributed by atoms with Gasteiger partial charge in [0.05, 0.1) is 28.2 Å². The van der Waals surface area contributed by atoms with Gasteiger partial charge < -0.3 is 24.7 Å². The van der Waals surface area contributed by atoms with Crippen molar-refractivity contribution >= 4 is 28.9 Å². The van der Waals surface area contributed by atoms with Gasteiger partial charge in [-0.2, -0.15) is 18.3 Å². The molecule has 4 heterocycles. The quantitative estimate of drug-likeness (QED) is 0.108. The summed E-state index contributed by atoms with van der Waals surface area (Å²) in [6.45, 7) is 13.0. The molecule has 2 aromatic carbocycles. The lowest BCUT2D eigenvalue weighted by molar-refractivity contribution is -0.148. The molecule has 0 spiro atoms. The lowest BCUT2D eigenvalue weighted by Crippen LogP contribution is -2.47. The average Bonchev–Trinajstić information content (AvgIpc) is 3.76. The Morgan fingerprint density at radius 1 is 1.02 bits per heavy atom. The highest BCUT2D eigenvalue weighted by Crippen LogP contribution is 2.41. The smallest absolute Gasteiger partial charge is 0.419 e. The minimum Gasteiger partial charge on any atom is -0.459 e. The van der Waals surface area contributed by atoms with Gasteiger partial charge in [-0.05, 0) is 62.8 Å². The first-order chi connectivity index (χ1) is 26.0. The fourth-order valence-electron chi connectivity index (χ4n) is 6.88. The van der Waals surface area contributed by atoms with E-state index in [2.05, 4.69) is 20.3 Å². The van der Waals surface area contributed by atoms with E-state index in [1.807, 2.05) is 32.0 Å². The van der Waals surface area contributed by atoms with Gasteiger partial charge in [-0.15, -0.1) is 0 Å². The number of halogens is 4. The highest BCUT2D eigenvalue weighted by atomic mass is 19.4. The third-order valence-corrected chi connectivity index (χ3v) is 9.54. The van der Waals surface area contributed by atoms with Crippen molar-refractivity contribution in [1.82, 2.24) is 30.0 Å². The van der Waals surface area contributed by atoms with Crippen LogP contribution in [-0.4, -0.2) is 55.0 Å². The Kier molecular flexibility index (Phi) is 10.9. The van der Waals surface area contributed by atoms with Crippen LogP contribution >= 0.6 is 0 Å². The number of esters is 1. The Labute approximate surface area is 316 Å². The van der Waals surface area contributed by atoms with Crippen LogP contribution in [0.3, 0.4) is 0 Å². The molecule has 0 fully saturated rings. The van der Waals surface area contributed by atoms with Gasteiger partial charge in [-0.1, -0.05) is 45.9 Å². The second kappa shape index (κ2) is 15.3. The number of amides is 1. The topological polar surface area (TPSA) is 127 Å². The number of fused-ring (bicyclic) bond motifs is 2. The number of H-pyrrole nitrogens is 1. The van der Waals surface area contributed by atoms with Crippen molar-refractivity contribution in [3.63, 3.8) is 0 Å². The molecule has 0 saturated carbocycles. The number of hydrogen-bond acceptors (Lipinski definition) is 8. The predicted octanol–water partition coefficient (Wildman–Crippen LogP) is 8.25. The van der Waals surface area contributed by atoms with Crippen LogP contribution in [0, 0.1) is 11.7 Å². The number of alkyl carbamates (subject to hydrolysis) is 1. The summed E-state index contributed by atoms with van der Waals surface area (Å²) in [6, 6.07) is 8.08. The number of anilines is 1. The summed E-state index contributed by atoms with van der Waals surface area (Å²) in [4.78, 5) is 38.8. The Morgan fingerprint density at radius 2 is 1.69 bits per heavy atom. The number of ether oxygens (including phenoxy) is 2. The van der Waals surface area contributed by atoms with E-state index in [4.69, 9.17) is 14.6 Å². The lowest BCUT2D eigenvalue weighted by atomic mass is 9.95. The molecular formula is C40H45F4N7O4. The largest absolute Gasteiger partial charge is 0.459 e. The average molecular weight is 764 g/mol. The molecule has 0 aliphatic carbocycles. The summed E-state index contributed by atoms with van der Waals surface area (Å²) in [5.74, 6) is -1.51. The molecule has 5 aromatic rings. The van der Waals surface area contributed by atoms with Crippen LogP contribution in [0.2, 0.25) is 0 Å². The number of carbonyl (C=O) groups excluding carboxylic acids is 2. The van der Waals surface area contributed by atoms with Gasteiger partial charge in [0.15, 0.2) is 0 Å². The molecule has 15 heteroatoms. The third-order valence-electron chi connectivity index (χ3n) is 9.54. The summed E-state index contributed by atoms with van der Waals surface area (Å²) in [6.07, 6.45) is -0.358. The zero-order valence-electron chi connectivity index (χ0n) is 31.9. The van der Waals surface area contributed by atoms with E-state index in [-0.39, 0.29) is 30.6 Å². The summed E-state index contributed by atoms with van der Waals surface area (Å²) < 4.78 is 69.7. The molecule has 0 saturated heterocycles. The van der Waals surface area contributed by atoms with E-state index in [1.54, 1.807) is 56.5 Å². The number of para-hydroxylation sites is 1. The normalized spacial score (nSPS) is 13.9. The maximum absolute atomic E-state index is 17.0. The maximum Gasteiger partial charge on any atom is 0.419 e. The van der Waals surface area contributed by atoms with Gasteiger partial charge in [0.2, 0.25) is 5.95 Å². The minimum atomic E-state index is -4.58.